The van der Waals surface area contributed by atoms with E-state index < -0.39 is 5.82 Å². The van der Waals surface area contributed by atoms with Gasteiger partial charge < -0.3 is 11.1 Å². The second kappa shape index (κ2) is 4.02. The van der Waals surface area contributed by atoms with E-state index in [1.54, 1.807) is 0 Å². The Labute approximate surface area is 76.4 Å². The molecule has 0 aliphatic heterocycles. The van der Waals surface area contributed by atoms with Crippen LogP contribution in [0.15, 0.2) is 6.20 Å². The van der Waals surface area contributed by atoms with Gasteiger partial charge in [-0.2, -0.15) is 4.98 Å². The Morgan fingerprint density at radius 2 is 2.38 bits per heavy atom. The van der Waals surface area contributed by atoms with Gasteiger partial charge in [-0.1, -0.05) is 6.92 Å². The van der Waals surface area contributed by atoms with Gasteiger partial charge in [0.1, 0.15) is 0 Å². The molecule has 0 aliphatic carbocycles. The number of nitrogens with zero attached hydrogens (tertiary/aromatic N) is 2. The lowest BCUT2D eigenvalue weighted by Crippen LogP contribution is -2.16. The number of nitrogens with one attached hydrogen (secondary N) is 1. The highest BCUT2D eigenvalue weighted by Gasteiger charge is 2.07. The summed E-state index contributed by atoms with van der Waals surface area (Å²) in [6.07, 6.45) is 1.95. The van der Waals surface area contributed by atoms with Crippen molar-refractivity contribution in [2.45, 2.75) is 26.3 Å². The van der Waals surface area contributed by atoms with Crippen LogP contribution in [0.2, 0.25) is 0 Å². The first-order chi connectivity index (χ1) is 6.13. The van der Waals surface area contributed by atoms with E-state index in [4.69, 9.17) is 5.73 Å². The quantitative estimate of drug-likeness (QED) is 0.745. The molecule has 1 heterocycles. The molecule has 1 rings (SSSR count). The van der Waals surface area contributed by atoms with Gasteiger partial charge in [-0.15, -0.1) is 0 Å². The molecule has 0 fully saturated rings. The minimum atomic E-state index is -0.477. The Hall–Kier alpha value is -1.39. The van der Waals surface area contributed by atoms with Gasteiger partial charge in [0.15, 0.2) is 11.6 Å². The van der Waals surface area contributed by atoms with Crippen molar-refractivity contribution >= 4 is 11.8 Å². The molecule has 0 saturated heterocycles. The van der Waals surface area contributed by atoms with Crippen LogP contribution in [-0.4, -0.2) is 16.0 Å². The third-order valence-electron chi connectivity index (χ3n) is 1.76. The molecule has 4 nitrogen and oxygen atoms in total. The Bertz CT molecular complexity index is 289. The summed E-state index contributed by atoms with van der Waals surface area (Å²) < 4.78 is 13.0. The normalized spacial score (nSPS) is 12.5. The van der Waals surface area contributed by atoms with Crippen molar-refractivity contribution in [3.05, 3.63) is 12.0 Å². The molecule has 0 aliphatic rings. The summed E-state index contributed by atoms with van der Waals surface area (Å²) in [5.41, 5.74) is 5.32. The van der Waals surface area contributed by atoms with Gasteiger partial charge in [0.05, 0.1) is 6.20 Å². The van der Waals surface area contributed by atoms with E-state index in [0.717, 1.165) is 12.6 Å². The highest BCUT2D eigenvalue weighted by Crippen LogP contribution is 2.11. The number of hydrogen-bond acceptors (Lipinski definition) is 4. The van der Waals surface area contributed by atoms with Gasteiger partial charge in [0.2, 0.25) is 5.95 Å². The van der Waals surface area contributed by atoms with E-state index in [1.165, 1.54) is 0 Å². The molecule has 0 unspecified atom stereocenters. The number of anilines is 2. The van der Waals surface area contributed by atoms with Crippen LogP contribution in [-0.2, 0) is 0 Å². The van der Waals surface area contributed by atoms with Crippen molar-refractivity contribution in [2.24, 2.45) is 0 Å². The fourth-order valence-electron chi connectivity index (χ4n) is 0.817. The van der Waals surface area contributed by atoms with Crippen LogP contribution in [0, 0.1) is 5.82 Å². The van der Waals surface area contributed by atoms with Crippen molar-refractivity contribution < 1.29 is 4.39 Å². The second-order valence-electron chi connectivity index (χ2n) is 2.88. The van der Waals surface area contributed by atoms with Crippen molar-refractivity contribution in [3.63, 3.8) is 0 Å². The molecule has 1 atom stereocenters. The van der Waals surface area contributed by atoms with E-state index >= 15 is 0 Å². The summed E-state index contributed by atoms with van der Waals surface area (Å²) in [5, 5.41) is 2.89. The summed E-state index contributed by atoms with van der Waals surface area (Å²) in [6, 6.07) is 0.170. The zero-order chi connectivity index (χ0) is 9.84. The SMILES string of the molecule is CC[C@H](C)Nc1nc(N)ncc1F. The number of nitrogens with two attached hydrogens (primary N) is 1. The molecule has 1 aromatic rings. The molecule has 0 aromatic carbocycles. The maximum absolute atomic E-state index is 13.0. The van der Waals surface area contributed by atoms with Crippen LogP contribution < -0.4 is 11.1 Å². The Morgan fingerprint density at radius 1 is 1.69 bits per heavy atom. The lowest BCUT2D eigenvalue weighted by molar-refractivity contribution is 0.612. The van der Waals surface area contributed by atoms with Crippen molar-refractivity contribution in [2.75, 3.05) is 11.1 Å². The molecule has 5 heteroatoms. The molecule has 72 valence electrons. The first kappa shape index (κ1) is 9.70. The van der Waals surface area contributed by atoms with Crippen LogP contribution in [0.5, 0.6) is 0 Å². The highest BCUT2D eigenvalue weighted by atomic mass is 19.1. The fourth-order valence-corrected chi connectivity index (χ4v) is 0.817. The molecular formula is C8H13FN4. The number of aromatic nitrogens is 2. The van der Waals surface area contributed by atoms with Crippen LogP contribution in [0.4, 0.5) is 16.2 Å². The number of halogens is 1. The molecular weight excluding hydrogens is 171 g/mol. The number of hydrogen-bond donors (Lipinski definition) is 2. The van der Waals surface area contributed by atoms with Gasteiger partial charge in [-0.25, -0.2) is 9.37 Å². The molecule has 0 amide bonds. The Balaban J connectivity index is 2.81. The van der Waals surface area contributed by atoms with Crippen LogP contribution in [0.25, 0.3) is 0 Å². The maximum Gasteiger partial charge on any atom is 0.222 e. The predicted molar refractivity (Wildman–Crippen MR) is 49.8 cm³/mol. The molecule has 3 N–H and O–H groups in total. The van der Waals surface area contributed by atoms with Crippen LogP contribution >= 0.6 is 0 Å². The van der Waals surface area contributed by atoms with Crippen LogP contribution in [0.1, 0.15) is 20.3 Å². The van der Waals surface area contributed by atoms with Gasteiger partial charge in [-0.05, 0) is 13.3 Å². The van der Waals surface area contributed by atoms with Gasteiger partial charge in [-0.3, -0.25) is 0 Å². The monoisotopic (exact) mass is 184 g/mol. The molecule has 0 radical (unpaired) electrons. The van der Waals surface area contributed by atoms with Gasteiger partial charge in [0, 0.05) is 6.04 Å². The summed E-state index contributed by atoms with van der Waals surface area (Å²) in [4.78, 5) is 7.27. The standard InChI is InChI=1S/C8H13FN4/c1-3-5(2)12-7-6(9)4-11-8(10)13-7/h4-5H,3H2,1-2H3,(H3,10,11,12,13)/t5-/m0/s1. The summed E-state index contributed by atoms with van der Waals surface area (Å²) in [5.74, 6) is -0.233. The van der Waals surface area contributed by atoms with E-state index in [1.807, 2.05) is 13.8 Å². The summed E-state index contributed by atoms with van der Waals surface area (Å²) >= 11 is 0. The Morgan fingerprint density at radius 3 is 3.00 bits per heavy atom. The second-order valence-corrected chi connectivity index (χ2v) is 2.88. The zero-order valence-electron chi connectivity index (χ0n) is 7.71. The third-order valence-corrected chi connectivity index (χ3v) is 1.76. The van der Waals surface area contributed by atoms with Crippen LogP contribution in [0.3, 0.4) is 0 Å². The van der Waals surface area contributed by atoms with Crippen molar-refractivity contribution in [3.8, 4) is 0 Å². The van der Waals surface area contributed by atoms with Gasteiger partial charge >= 0.3 is 0 Å². The lowest BCUT2D eigenvalue weighted by atomic mass is 10.2. The minimum Gasteiger partial charge on any atom is -0.368 e. The van der Waals surface area contributed by atoms with E-state index in [-0.39, 0.29) is 17.8 Å². The molecule has 0 bridgehead atoms. The fraction of sp³-hybridized carbons (Fsp3) is 0.500. The predicted octanol–water partition coefficient (Wildman–Crippen LogP) is 1.41. The molecule has 1 aromatic heterocycles. The molecule has 0 spiro atoms. The number of nitrogen functional groups attached to an aromatic ring is 1. The topological polar surface area (TPSA) is 63.8 Å². The van der Waals surface area contributed by atoms with E-state index in [9.17, 15) is 4.39 Å². The van der Waals surface area contributed by atoms with Crippen molar-refractivity contribution in [1.82, 2.24) is 9.97 Å². The average molecular weight is 184 g/mol. The maximum atomic E-state index is 13.0. The molecule has 13 heavy (non-hydrogen) atoms. The first-order valence-electron chi connectivity index (χ1n) is 4.18. The van der Waals surface area contributed by atoms with Crippen molar-refractivity contribution in [1.29, 1.82) is 0 Å². The minimum absolute atomic E-state index is 0.0761. The van der Waals surface area contributed by atoms with E-state index in [2.05, 4.69) is 15.3 Å². The van der Waals surface area contributed by atoms with E-state index in [0.29, 0.717) is 0 Å². The third kappa shape index (κ3) is 2.54. The van der Waals surface area contributed by atoms with Gasteiger partial charge in [0.25, 0.3) is 0 Å². The lowest BCUT2D eigenvalue weighted by Gasteiger charge is -2.12. The zero-order valence-corrected chi connectivity index (χ0v) is 7.71. The highest BCUT2D eigenvalue weighted by molar-refractivity contribution is 5.39. The first-order valence-corrected chi connectivity index (χ1v) is 4.18. The summed E-state index contributed by atoms with van der Waals surface area (Å²) in [7, 11) is 0. The smallest absolute Gasteiger partial charge is 0.222 e. The Kier molecular flexibility index (Phi) is 3.00. The largest absolute Gasteiger partial charge is 0.368 e. The average Bonchev–Trinajstić information content (AvgIpc) is 2.11. The molecule has 0 saturated carbocycles. The summed E-state index contributed by atoms with van der Waals surface area (Å²) in [6.45, 7) is 3.94. The number of rotatable bonds is 3.